The first-order valence-corrected chi connectivity index (χ1v) is 5.44. The molecule has 1 aromatic rings. The zero-order valence-electron chi connectivity index (χ0n) is 10.3. The van der Waals surface area contributed by atoms with Gasteiger partial charge in [-0.2, -0.15) is 0 Å². The Morgan fingerprint density at radius 2 is 2.18 bits per heavy atom. The van der Waals surface area contributed by atoms with Gasteiger partial charge in [-0.15, -0.1) is 0 Å². The van der Waals surface area contributed by atoms with Gasteiger partial charge in [0.25, 0.3) is 0 Å². The van der Waals surface area contributed by atoms with Crippen LogP contribution >= 0.6 is 0 Å². The van der Waals surface area contributed by atoms with Crippen molar-refractivity contribution in [2.24, 2.45) is 5.73 Å². The molecule has 3 heteroatoms. The third-order valence-corrected chi connectivity index (χ3v) is 2.36. The van der Waals surface area contributed by atoms with E-state index in [4.69, 9.17) is 10.5 Å². The van der Waals surface area contributed by atoms with E-state index in [2.05, 4.69) is 18.1 Å². The van der Waals surface area contributed by atoms with Crippen LogP contribution in [0.15, 0.2) is 49.5 Å². The van der Waals surface area contributed by atoms with Gasteiger partial charge in [0.2, 0.25) is 0 Å². The summed E-state index contributed by atoms with van der Waals surface area (Å²) < 4.78 is 5.25. The van der Waals surface area contributed by atoms with Gasteiger partial charge >= 0.3 is 0 Å². The Morgan fingerprint density at radius 1 is 1.47 bits per heavy atom. The van der Waals surface area contributed by atoms with Crippen molar-refractivity contribution in [3.05, 3.63) is 60.8 Å². The van der Waals surface area contributed by atoms with Gasteiger partial charge < -0.3 is 10.5 Å². The minimum absolute atomic E-state index is 0.0957. The SMILES string of the molecule is C=CO/C(C)=C(/C=C)c1cccc(C(C)N)n1. The maximum Gasteiger partial charge on any atom is 0.109 e. The van der Waals surface area contributed by atoms with E-state index in [1.165, 1.54) is 6.26 Å². The summed E-state index contributed by atoms with van der Waals surface area (Å²) in [7, 11) is 0. The molecule has 0 aliphatic heterocycles. The fourth-order valence-corrected chi connectivity index (χ4v) is 1.47. The first kappa shape index (κ1) is 13.2. The highest BCUT2D eigenvalue weighted by Gasteiger charge is 2.07. The van der Waals surface area contributed by atoms with Crippen LogP contribution in [0.1, 0.15) is 31.3 Å². The van der Waals surface area contributed by atoms with Crippen LogP contribution in [-0.2, 0) is 4.74 Å². The number of nitrogens with zero attached hydrogens (tertiary/aromatic N) is 1. The zero-order chi connectivity index (χ0) is 12.8. The molecule has 0 radical (unpaired) electrons. The number of hydrogen-bond acceptors (Lipinski definition) is 3. The van der Waals surface area contributed by atoms with Crippen LogP contribution in [-0.4, -0.2) is 4.98 Å². The van der Waals surface area contributed by atoms with Crippen LogP contribution < -0.4 is 5.73 Å². The minimum atomic E-state index is -0.0957. The van der Waals surface area contributed by atoms with Crippen LogP contribution in [0, 0.1) is 0 Å². The molecule has 0 aromatic carbocycles. The van der Waals surface area contributed by atoms with Gasteiger partial charge in [-0.1, -0.05) is 25.3 Å². The summed E-state index contributed by atoms with van der Waals surface area (Å²) in [6.45, 7) is 11.0. The molecular formula is C14H18N2O. The number of rotatable bonds is 5. The molecule has 0 spiro atoms. The lowest BCUT2D eigenvalue weighted by molar-refractivity contribution is 0.357. The molecule has 0 aliphatic rings. The predicted molar refractivity (Wildman–Crippen MR) is 70.9 cm³/mol. The third-order valence-electron chi connectivity index (χ3n) is 2.36. The second-order valence-electron chi connectivity index (χ2n) is 3.69. The van der Waals surface area contributed by atoms with Crippen molar-refractivity contribution in [2.45, 2.75) is 19.9 Å². The Bertz CT molecular complexity index is 447. The molecule has 3 nitrogen and oxygen atoms in total. The Balaban J connectivity index is 3.21. The van der Waals surface area contributed by atoms with Crippen LogP contribution in [0.5, 0.6) is 0 Å². The molecule has 0 fully saturated rings. The fraction of sp³-hybridized carbons (Fsp3) is 0.214. The summed E-state index contributed by atoms with van der Waals surface area (Å²) in [5.74, 6) is 0.712. The third kappa shape index (κ3) is 3.29. The van der Waals surface area contributed by atoms with Gasteiger partial charge in [-0.25, -0.2) is 0 Å². The van der Waals surface area contributed by atoms with E-state index in [9.17, 15) is 0 Å². The molecule has 17 heavy (non-hydrogen) atoms. The minimum Gasteiger partial charge on any atom is -0.470 e. The number of nitrogens with two attached hydrogens (primary N) is 1. The topological polar surface area (TPSA) is 48.1 Å². The average Bonchev–Trinajstić information content (AvgIpc) is 2.30. The fourth-order valence-electron chi connectivity index (χ4n) is 1.47. The van der Waals surface area contributed by atoms with Gasteiger partial charge in [0.15, 0.2) is 0 Å². The van der Waals surface area contributed by atoms with Crippen molar-refractivity contribution in [1.82, 2.24) is 4.98 Å². The highest BCUT2D eigenvalue weighted by Crippen LogP contribution is 2.20. The molecule has 0 bridgehead atoms. The summed E-state index contributed by atoms with van der Waals surface area (Å²) in [4.78, 5) is 4.48. The highest BCUT2D eigenvalue weighted by atomic mass is 16.5. The summed E-state index contributed by atoms with van der Waals surface area (Å²) >= 11 is 0. The molecule has 1 rings (SSSR count). The maximum atomic E-state index is 5.81. The number of aromatic nitrogens is 1. The zero-order valence-corrected chi connectivity index (χ0v) is 10.3. The quantitative estimate of drug-likeness (QED) is 0.624. The highest BCUT2D eigenvalue weighted by molar-refractivity contribution is 5.72. The van der Waals surface area contributed by atoms with Gasteiger partial charge in [0, 0.05) is 11.6 Å². The second-order valence-corrected chi connectivity index (χ2v) is 3.69. The van der Waals surface area contributed by atoms with Crippen LogP contribution in [0.3, 0.4) is 0 Å². The maximum absolute atomic E-state index is 5.81. The van der Waals surface area contributed by atoms with Crippen molar-refractivity contribution < 1.29 is 4.74 Å². The molecule has 1 unspecified atom stereocenters. The van der Waals surface area contributed by atoms with E-state index < -0.39 is 0 Å². The van der Waals surface area contributed by atoms with E-state index in [1.807, 2.05) is 32.0 Å². The number of hydrogen-bond donors (Lipinski definition) is 1. The molecule has 0 saturated heterocycles. The average molecular weight is 230 g/mol. The van der Waals surface area contributed by atoms with E-state index in [0.717, 1.165) is 17.0 Å². The molecule has 1 heterocycles. The van der Waals surface area contributed by atoms with Crippen LogP contribution in [0.25, 0.3) is 5.57 Å². The molecule has 90 valence electrons. The van der Waals surface area contributed by atoms with Gasteiger partial charge in [0.1, 0.15) is 5.76 Å². The van der Waals surface area contributed by atoms with Gasteiger partial charge in [-0.3, -0.25) is 4.98 Å². The Labute approximate surface area is 102 Å². The van der Waals surface area contributed by atoms with E-state index in [-0.39, 0.29) is 6.04 Å². The first-order valence-electron chi connectivity index (χ1n) is 5.44. The molecule has 1 atom stereocenters. The summed E-state index contributed by atoms with van der Waals surface area (Å²) in [6.07, 6.45) is 3.10. The Hall–Kier alpha value is -1.87. The normalized spacial score (nSPS) is 13.6. The largest absolute Gasteiger partial charge is 0.470 e. The van der Waals surface area contributed by atoms with Crippen LogP contribution in [0.2, 0.25) is 0 Å². The Morgan fingerprint density at radius 3 is 2.71 bits per heavy atom. The number of ether oxygens (including phenoxy) is 1. The molecule has 1 aromatic heterocycles. The van der Waals surface area contributed by atoms with Crippen molar-refractivity contribution in [3.8, 4) is 0 Å². The molecular weight excluding hydrogens is 212 g/mol. The second kappa shape index (κ2) is 6.01. The molecule has 0 amide bonds. The van der Waals surface area contributed by atoms with E-state index >= 15 is 0 Å². The predicted octanol–water partition coefficient (Wildman–Crippen LogP) is 3.18. The van der Waals surface area contributed by atoms with Crippen molar-refractivity contribution in [2.75, 3.05) is 0 Å². The molecule has 0 aliphatic carbocycles. The van der Waals surface area contributed by atoms with Crippen molar-refractivity contribution in [1.29, 1.82) is 0 Å². The Kier molecular flexibility index (Phi) is 4.67. The molecule has 0 saturated carbocycles. The lowest BCUT2D eigenvalue weighted by Crippen LogP contribution is -2.08. The first-order chi connectivity index (χ1) is 8.10. The smallest absolute Gasteiger partial charge is 0.109 e. The van der Waals surface area contributed by atoms with Crippen molar-refractivity contribution in [3.63, 3.8) is 0 Å². The van der Waals surface area contributed by atoms with Gasteiger partial charge in [0.05, 0.1) is 17.6 Å². The lowest BCUT2D eigenvalue weighted by atomic mass is 10.1. The standard InChI is InChI=1S/C14H18N2O/c1-5-12(11(4)17-6-2)14-9-7-8-13(16-14)10(3)15/h5-10H,1-2,15H2,3-4H3/b12-11-. The molecule has 2 N–H and O–H groups in total. The summed E-state index contributed by atoms with van der Waals surface area (Å²) in [6, 6.07) is 5.63. The van der Waals surface area contributed by atoms with E-state index in [1.54, 1.807) is 6.08 Å². The number of allylic oxidation sites excluding steroid dienone is 3. The number of pyridine rings is 1. The summed E-state index contributed by atoms with van der Waals surface area (Å²) in [5, 5.41) is 0. The van der Waals surface area contributed by atoms with E-state index in [0.29, 0.717) is 5.76 Å². The monoisotopic (exact) mass is 230 g/mol. The summed E-state index contributed by atoms with van der Waals surface area (Å²) in [5.41, 5.74) is 8.29. The van der Waals surface area contributed by atoms with Crippen molar-refractivity contribution >= 4 is 5.57 Å². The van der Waals surface area contributed by atoms with Gasteiger partial charge in [-0.05, 0) is 26.0 Å². The van der Waals surface area contributed by atoms with Crippen LogP contribution in [0.4, 0.5) is 0 Å². The lowest BCUT2D eigenvalue weighted by Gasteiger charge is -2.10.